The van der Waals surface area contributed by atoms with Crippen molar-refractivity contribution in [3.05, 3.63) is 62.8 Å². The van der Waals surface area contributed by atoms with Crippen molar-refractivity contribution in [1.29, 1.82) is 5.26 Å². The summed E-state index contributed by atoms with van der Waals surface area (Å²) in [5.74, 6) is 0.302. The number of aromatic amines is 1. The van der Waals surface area contributed by atoms with E-state index in [1.807, 2.05) is 12.1 Å². The third-order valence-corrected chi connectivity index (χ3v) is 3.60. The standard InChI is InChI=1S/C16H11ClN4O2/c1-23-13-7-11-14(20-16(17)21-15(11)22)12(19-13)6-9-4-2-3-5-10(9)8-18/h2-5,7H,6H2,1H3,(H,20,21,22). The summed E-state index contributed by atoms with van der Waals surface area (Å²) in [4.78, 5) is 23.1. The number of ether oxygens (including phenoxy) is 1. The highest BCUT2D eigenvalue weighted by atomic mass is 35.5. The molecule has 0 fully saturated rings. The molecule has 0 radical (unpaired) electrons. The smallest absolute Gasteiger partial charge is 0.259 e. The van der Waals surface area contributed by atoms with Crippen LogP contribution in [0.25, 0.3) is 10.9 Å². The number of hydrogen-bond donors (Lipinski definition) is 1. The molecule has 1 aromatic carbocycles. The number of hydrogen-bond acceptors (Lipinski definition) is 5. The second kappa shape index (κ2) is 6.07. The summed E-state index contributed by atoms with van der Waals surface area (Å²) in [6, 6.07) is 10.8. The van der Waals surface area contributed by atoms with Gasteiger partial charge in [0.1, 0.15) is 5.52 Å². The lowest BCUT2D eigenvalue weighted by molar-refractivity contribution is 0.397. The predicted octanol–water partition coefficient (Wildman–Crippen LogP) is 2.44. The van der Waals surface area contributed by atoms with Crippen molar-refractivity contribution in [2.75, 3.05) is 7.11 Å². The van der Waals surface area contributed by atoms with Crippen LogP contribution in [-0.4, -0.2) is 22.1 Å². The Bertz CT molecular complexity index is 992. The molecule has 0 saturated heterocycles. The van der Waals surface area contributed by atoms with E-state index in [0.29, 0.717) is 34.5 Å². The summed E-state index contributed by atoms with van der Waals surface area (Å²) in [7, 11) is 1.47. The first kappa shape index (κ1) is 15.0. The zero-order valence-corrected chi connectivity index (χ0v) is 12.9. The van der Waals surface area contributed by atoms with Crippen LogP contribution in [0.15, 0.2) is 35.1 Å². The molecule has 23 heavy (non-hydrogen) atoms. The summed E-state index contributed by atoms with van der Waals surface area (Å²) in [5.41, 5.74) is 1.88. The molecule has 0 aliphatic rings. The van der Waals surface area contributed by atoms with Crippen LogP contribution in [0, 0.1) is 11.3 Å². The van der Waals surface area contributed by atoms with Gasteiger partial charge in [0.15, 0.2) is 0 Å². The van der Waals surface area contributed by atoms with E-state index < -0.39 is 0 Å². The molecule has 114 valence electrons. The molecule has 0 atom stereocenters. The van der Waals surface area contributed by atoms with Crippen molar-refractivity contribution in [1.82, 2.24) is 15.0 Å². The number of H-pyrrole nitrogens is 1. The number of benzene rings is 1. The van der Waals surface area contributed by atoms with E-state index in [0.717, 1.165) is 5.56 Å². The molecule has 0 spiro atoms. The molecule has 7 heteroatoms. The van der Waals surface area contributed by atoms with Gasteiger partial charge in [-0.1, -0.05) is 18.2 Å². The first-order valence-electron chi connectivity index (χ1n) is 6.74. The third-order valence-electron chi connectivity index (χ3n) is 3.42. The van der Waals surface area contributed by atoms with Crippen LogP contribution < -0.4 is 10.3 Å². The van der Waals surface area contributed by atoms with Gasteiger partial charge in [-0.15, -0.1) is 0 Å². The predicted molar refractivity (Wildman–Crippen MR) is 85.7 cm³/mol. The van der Waals surface area contributed by atoms with Crippen LogP contribution in [0.2, 0.25) is 5.28 Å². The summed E-state index contributed by atoms with van der Waals surface area (Å²) >= 11 is 5.85. The van der Waals surface area contributed by atoms with E-state index in [2.05, 4.69) is 21.0 Å². The molecule has 0 aliphatic carbocycles. The number of rotatable bonds is 3. The molecule has 0 amide bonds. The topological polar surface area (TPSA) is 91.7 Å². The second-order valence-corrected chi connectivity index (χ2v) is 5.17. The normalized spacial score (nSPS) is 10.5. The quantitative estimate of drug-likeness (QED) is 0.746. The number of methoxy groups -OCH3 is 1. The summed E-state index contributed by atoms with van der Waals surface area (Å²) in [5, 5.41) is 9.54. The Hall–Kier alpha value is -2.91. The molecule has 0 aliphatic heterocycles. The fourth-order valence-corrected chi connectivity index (χ4v) is 2.51. The zero-order valence-electron chi connectivity index (χ0n) is 12.1. The Morgan fingerprint density at radius 3 is 2.87 bits per heavy atom. The molecular formula is C16H11ClN4O2. The van der Waals surface area contributed by atoms with Gasteiger partial charge in [0, 0.05) is 12.5 Å². The van der Waals surface area contributed by atoms with Crippen LogP contribution in [0.1, 0.15) is 16.8 Å². The van der Waals surface area contributed by atoms with E-state index in [1.54, 1.807) is 12.1 Å². The number of aromatic nitrogens is 3. The van der Waals surface area contributed by atoms with E-state index >= 15 is 0 Å². The first-order valence-corrected chi connectivity index (χ1v) is 7.11. The Morgan fingerprint density at radius 2 is 2.13 bits per heavy atom. The lowest BCUT2D eigenvalue weighted by Crippen LogP contribution is -2.11. The van der Waals surface area contributed by atoms with Crippen LogP contribution in [-0.2, 0) is 6.42 Å². The molecular weight excluding hydrogens is 316 g/mol. The minimum absolute atomic E-state index is 0.00992. The minimum Gasteiger partial charge on any atom is -0.481 e. The van der Waals surface area contributed by atoms with E-state index in [4.69, 9.17) is 16.3 Å². The average Bonchev–Trinajstić information content (AvgIpc) is 2.55. The SMILES string of the molecule is COc1cc2c(=O)[nH]c(Cl)nc2c(Cc2ccccc2C#N)n1. The Balaban J connectivity index is 2.24. The van der Waals surface area contributed by atoms with Crippen LogP contribution in [0.3, 0.4) is 0 Å². The number of pyridine rings is 1. The molecule has 0 bridgehead atoms. The van der Waals surface area contributed by atoms with Gasteiger partial charge in [-0.25, -0.2) is 9.97 Å². The third kappa shape index (κ3) is 2.87. The van der Waals surface area contributed by atoms with Crippen LogP contribution in [0.5, 0.6) is 5.88 Å². The lowest BCUT2D eigenvalue weighted by Gasteiger charge is -2.09. The molecule has 0 saturated carbocycles. The first-order chi connectivity index (χ1) is 11.1. The summed E-state index contributed by atoms with van der Waals surface area (Å²) < 4.78 is 5.15. The summed E-state index contributed by atoms with van der Waals surface area (Å²) in [6.45, 7) is 0. The van der Waals surface area contributed by atoms with Crippen molar-refractivity contribution in [2.45, 2.75) is 6.42 Å². The molecule has 3 aromatic rings. The number of fused-ring (bicyclic) bond motifs is 1. The monoisotopic (exact) mass is 326 g/mol. The van der Waals surface area contributed by atoms with Gasteiger partial charge in [0.2, 0.25) is 11.2 Å². The Morgan fingerprint density at radius 1 is 1.35 bits per heavy atom. The van der Waals surface area contributed by atoms with Gasteiger partial charge in [-0.05, 0) is 23.2 Å². The summed E-state index contributed by atoms with van der Waals surface area (Å²) in [6.07, 6.45) is 0.338. The minimum atomic E-state index is -0.365. The van der Waals surface area contributed by atoms with Gasteiger partial charge in [-0.3, -0.25) is 9.78 Å². The van der Waals surface area contributed by atoms with Crippen molar-refractivity contribution < 1.29 is 4.74 Å². The molecule has 1 N–H and O–H groups in total. The molecule has 2 heterocycles. The van der Waals surface area contributed by atoms with E-state index in [9.17, 15) is 10.1 Å². The highest BCUT2D eigenvalue weighted by molar-refractivity contribution is 6.28. The van der Waals surface area contributed by atoms with Gasteiger partial charge in [0.05, 0.1) is 29.8 Å². The van der Waals surface area contributed by atoms with Crippen molar-refractivity contribution in [3.63, 3.8) is 0 Å². The highest BCUT2D eigenvalue weighted by Gasteiger charge is 2.14. The number of nitrogens with zero attached hydrogens (tertiary/aromatic N) is 3. The fraction of sp³-hybridized carbons (Fsp3) is 0.125. The van der Waals surface area contributed by atoms with E-state index in [-0.39, 0.29) is 10.8 Å². The number of nitrogens with one attached hydrogen (secondary N) is 1. The maximum Gasteiger partial charge on any atom is 0.259 e. The van der Waals surface area contributed by atoms with Gasteiger partial charge < -0.3 is 4.74 Å². The Labute approximate surface area is 136 Å². The number of halogens is 1. The largest absolute Gasteiger partial charge is 0.481 e. The van der Waals surface area contributed by atoms with Gasteiger partial charge in [-0.2, -0.15) is 5.26 Å². The van der Waals surface area contributed by atoms with Crippen molar-refractivity contribution in [2.24, 2.45) is 0 Å². The second-order valence-electron chi connectivity index (χ2n) is 4.81. The van der Waals surface area contributed by atoms with Crippen LogP contribution >= 0.6 is 11.6 Å². The fourth-order valence-electron chi connectivity index (χ4n) is 2.34. The molecule has 3 rings (SSSR count). The molecule has 6 nitrogen and oxygen atoms in total. The number of nitriles is 1. The maximum atomic E-state index is 12.1. The van der Waals surface area contributed by atoms with Gasteiger partial charge in [0.25, 0.3) is 5.56 Å². The average molecular weight is 327 g/mol. The lowest BCUT2D eigenvalue weighted by atomic mass is 10.0. The zero-order chi connectivity index (χ0) is 16.4. The van der Waals surface area contributed by atoms with E-state index in [1.165, 1.54) is 13.2 Å². The van der Waals surface area contributed by atoms with Crippen LogP contribution in [0.4, 0.5) is 0 Å². The van der Waals surface area contributed by atoms with Crippen molar-refractivity contribution >= 4 is 22.5 Å². The van der Waals surface area contributed by atoms with Gasteiger partial charge >= 0.3 is 0 Å². The maximum absolute atomic E-state index is 12.1. The Kier molecular flexibility index (Phi) is 3.96. The molecule has 0 unspecified atom stereocenters. The molecule has 2 aromatic heterocycles. The van der Waals surface area contributed by atoms with Crippen molar-refractivity contribution in [3.8, 4) is 11.9 Å². The highest BCUT2D eigenvalue weighted by Crippen LogP contribution is 2.22.